The van der Waals surface area contributed by atoms with E-state index in [2.05, 4.69) is 267 Å². The van der Waals surface area contributed by atoms with Crippen LogP contribution in [0.1, 0.15) is 47.2 Å². The summed E-state index contributed by atoms with van der Waals surface area (Å²) in [5, 5.41) is 0. The van der Waals surface area contributed by atoms with E-state index >= 15 is 0 Å². The van der Waals surface area contributed by atoms with Crippen molar-refractivity contribution >= 4 is 17.1 Å². The lowest BCUT2D eigenvalue weighted by Crippen LogP contribution is -2.33. The summed E-state index contributed by atoms with van der Waals surface area (Å²) < 4.78 is 0. The van der Waals surface area contributed by atoms with Gasteiger partial charge in [-0.15, -0.1) is 0 Å². The molecule has 308 valence electrons. The first-order chi connectivity index (χ1) is 32.0. The maximum atomic E-state index is 2.48. The van der Waals surface area contributed by atoms with Gasteiger partial charge in [0, 0.05) is 22.5 Å². The van der Waals surface area contributed by atoms with E-state index in [1.165, 1.54) is 89.0 Å². The fraction of sp³-hybridized carbons (Fsp3) is 0.0625. The van der Waals surface area contributed by atoms with Gasteiger partial charge in [0.1, 0.15) is 0 Å². The third-order valence-corrected chi connectivity index (χ3v) is 14.2. The van der Waals surface area contributed by atoms with Crippen LogP contribution in [0, 0.1) is 0 Å². The van der Waals surface area contributed by atoms with Crippen LogP contribution in [0.4, 0.5) is 17.1 Å². The van der Waals surface area contributed by atoms with Crippen LogP contribution in [-0.2, 0) is 10.8 Å². The lowest BCUT2D eigenvalue weighted by atomic mass is 9.60. The first kappa shape index (κ1) is 38.7. The first-order valence-electron chi connectivity index (χ1n) is 22.8. The zero-order chi connectivity index (χ0) is 43.5. The second-order valence-electron chi connectivity index (χ2n) is 18.0. The van der Waals surface area contributed by atoms with E-state index in [0.29, 0.717) is 0 Å². The normalized spacial score (nSPS) is 15.1. The molecule has 1 atom stereocenters. The fourth-order valence-corrected chi connectivity index (χ4v) is 11.2. The Hall–Kier alpha value is -8.00. The summed E-state index contributed by atoms with van der Waals surface area (Å²) in [5.74, 6) is 0. The summed E-state index contributed by atoms with van der Waals surface area (Å²) in [4.78, 5) is 2.37. The Labute approximate surface area is 382 Å². The lowest BCUT2D eigenvalue weighted by molar-refractivity contribution is 0.660. The molecule has 0 aliphatic heterocycles. The summed E-state index contributed by atoms with van der Waals surface area (Å²) in [6.45, 7) is 4.78. The average Bonchev–Trinajstić information content (AvgIpc) is 3.60. The zero-order valence-electron chi connectivity index (χ0n) is 36.6. The monoisotopic (exact) mass is 829 g/mol. The molecule has 0 fully saturated rings. The van der Waals surface area contributed by atoms with Gasteiger partial charge in [-0.3, -0.25) is 0 Å². The number of rotatable bonds is 7. The maximum Gasteiger partial charge on any atom is 0.0713 e. The minimum atomic E-state index is -0.672. The number of nitrogens with zero attached hydrogens (tertiary/aromatic N) is 1. The Morgan fingerprint density at radius 1 is 0.277 bits per heavy atom. The van der Waals surface area contributed by atoms with Crippen LogP contribution in [0.3, 0.4) is 0 Å². The van der Waals surface area contributed by atoms with Gasteiger partial charge in [0.25, 0.3) is 0 Å². The largest absolute Gasteiger partial charge is 0.310 e. The summed E-state index contributed by atoms with van der Waals surface area (Å²) in [6, 6.07) is 92.3. The van der Waals surface area contributed by atoms with Gasteiger partial charge in [0.05, 0.1) is 5.41 Å². The van der Waals surface area contributed by atoms with E-state index in [0.717, 1.165) is 17.1 Å². The molecule has 0 N–H and O–H groups in total. The molecular formula is C64H47N. The number of fused-ring (bicyclic) bond motifs is 9. The van der Waals surface area contributed by atoms with Gasteiger partial charge in [-0.1, -0.05) is 214 Å². The van der Waals surface area contributed by atoms with Crippen LogP contribution in [0.5, 0.6) is 0 Å². The third-order valence-electron chi connectivity index (χ3n) is 14.2. The summed E-state index contributed by atoms with van der Waals surface area (Å²) in [6.07, 6.45) is 0. The summed E-state index contributed by atoms with van der Waals surface area (Å²) in [5.41, 5.74) is 22.7. The van der Waals surface area contributed by atoms with Crippen LogP contribution in [0.2, 0.25) is 0 Å². The van der Waals surface area contributed by atoms with Crippen molar-refractivity contribution in [3.8, 4) is 55.6 Å². The number of anilines is 3. The van der Waals surface area contributed by atoms with Crippen LogP contribution in [-0.4, -0.2) is 0 Å². The third kappa shape index (κ3) is 6.07. The van der Waals surface area contributed by atoms with E-state index in [1.54, 1.807) is 0 Å². The molecule has 1 unspecified atom stereocenters. The molecule has 0 amide bonds. The summed E-state index contributed by atoms with van der Waals surface area (Å²) >= 11 is 0. The van der Waals surface area contributed by atoms with Crippen molar-refractivity contribution < 1.29 is 0 Å². The van der Waals surface area contributed by atoms with Crippen molar-refractivity contribution in [3.63, 3.8) is 0 Å². The predicted octanol–water partition coefficient (Wildman–Crippen LogP) is 16.8. The van der Waals surface area contributed by atoms with Crippen molar-refractivity contribution in [1.29, 1.82) is 0 Å². The molecule has 2 bridgehead atoms. The minimum absolute atomic E-state index is 0.227. The van der Waals surface area contributed by atoms with Gasteiger partial charge in [0.2, 0.25) is 0 Å². The van der Waals surface area contributed by atoms with Gasteiger partial charge in [-0.25, -0.2) is 0 Å². The predicted molar refractivity (Wildman–Crippen MR) is 272 cm³/mol. The van der Waals surface area contributed by atoms with E-state index in [-0.39, 0.29) is 5.41 Å². The van der Waals surface area contributed by atoms with Gasteiger partial charge < -0.3 is 4.90 Å². The van der Waals surface area contributed by atoms with E-state index < -0.39 is 5.41 Å². The molecule has 0 saturated heterocycles. The molecule has 1 nitrogen and oxygen atoms in total. The quantitative estimate of drug-likeness (QED) is 0.155. The van der Waals surface area contributed by atoms with Crippen molar-refractivity contribution in [3.05, 3.63) is 282 Å². The Morgan fingerprint density at radius 3 is 1.43 bits per heavy atom. The Kier molecular flexibility index (Phi) is 9.14. The zero-order valence-corrected chi connectivity index (χ0v) is 36.6. The molecule has 0 radical (unpaired) electrons. The average molecular weight is 830 g/mol. The molecule has 10 aromatic carbocycles. The molecule has 10 aromatic rings. The highest BCUT2D eigenvalue weighted by Crippen LogP contribution is 2.57. The molecule has 1 heteroatoms. The fourth-order valence-electron chi connectivity index (χ4n) is 11.2. The van der Waals surface area contributed by atoms with Crippen LogP contribution in [0.15, 0.2) is 249 Å². The molecule has 0 spiro atoms. The molecule has 2 aliphatic rings. The molecular weight excluding hydrogens is 783 g/mol. The second-order valence-corrected chi connectivity index (χ2v) is 18.0. The van der Waals surface area contributed by atoms with E-state index in [9.17, 15) is 0 Å². The van der Waals surface area contributed by atoms with Crippen molar-refractivity contribution in [2.24, 2.45) is 0 Å². The van der Waals surface area contributed by atoms with E-state index in [4.69, 9.17) is 0 Å². The van der Waals surface area contributed by atoms with Gasteiger partial charge >= 0.3 is 0 Å². The molecule has 0 aromatic heterocycles. The molecule has 12 rings (SSSR count). The highest BCUT2D eigenvalue weighted by Gasteiger charge is 2.44. The Bertz CT molecular complexity index is 3350. The van der Waals surface area contributed by atoms with Crippen molar-refractivity contribution in [2.45, 2.75) is 24.7 Å². The molecule has 65 heavy (non-hydrogen) atoms. The summed E-state index contributed by atoms with van der Waals surface area (Å²) in [7, 11) is 0. The van der Waals surface area contributed by atoms with Crippen LogP contribution in [0.25, 0.3) is 55.6 Å². The Morgan fingerprint density at radius 2 is 0.738 bits per heavy atom. The highest BCUT2D eigenvalue weighted by atomic mass is 15.1. The van der Waals surface area contributed by atoms with Gasteiger partial charge in [-0.05, 0) is 138 Å². The topological polar surface area (TPSA) is 3.24 Å². The molecule has 2 aliphatic carbocycles. The maximum absolute atomic E-state index is 2.48. The number of benzene rings is 10. The lowest BCUT2D eigenvalue weighted by Gasteiger charge is -2.41. The highest BCUT2D eigenvalue weighted by molar-refractivity contribution is 5.98. The standard InChI is InChI=1S/C64H47N/c1-63(2)60-42-46(37-39-55(60)56-40-38-51(43-61(56)63)65(49-27-11-5-12-28-49)50-29-13-6-14-30-50)45-23-19-26-48(41-45)64(47-24-9-4-10-25-47)58-35-18-17-33-54(58)52-31-15-16-32-53(52)57-34-20-36-59(64)62(57)44-21-7-3-8-22-44/h3-43H,1-2H3. The molecule has 0 saturated carbocycles. The number of hydrogen-bond donors (Lipinski definition) is 0. The SMILES string of the molecule is CC1(C)c2cc(-c3cccc(C4(c5ccccc5)c5ccccc5-c5ccccc5-c5cccc4c5-c4ccccc4)c3)ccc2-c2ccc(N(c3ccccc3)c3ccccc3)cc21. The van der Waals surface area contributed by atoms with Crippen molar-refractivity contribution in [2.75, 3.05) is 4.90 Å². The smallest absolute Gasteiger partial charge is 0.0713 e. The number of para-hydroxylation sites is 2. The second kappa shape index (κ2) is 15.4. The van der Waals surface area contributed by atoms with Gasteiger partial charge in [-0.2, -0.15) is 0 Å². The van der Waals surface area contributed by atoms with Crippen LogP contribution < -0.4 is 4.90 Å². The Balaban J connectivity index is 1.05. The van der Waals surface area contributed by atoms with Gasteiger partial charge in [0.15, 0.2) is 0 Å². The number of hydrogen-bond acceptors (Lipinski definition) is 1. The van der Waals surface area contributed by atoms with Crippen LogP contribution >= 0.6 is 0 Å². The first-order valence-corrected chi connectivity index (χ1v) is 22.8. The van der Waals surface area contributed by atoms with E-state index in [1.807, 2.05) is 0 Å². The van der Waals surface area contributed by atoms with Crippen molar-refractivity contribution in [1.82, 2.24) is 0 Å². The minimum Gasteiger partial charge on any atom is -0.310 e. The molecule has 0 heterocycles.